The van der Waals surface area contributed by atoms with Crippen LogP contribution in [0.25, 0.3) is 6.08 Å². The number of nitrogens with one attached hydrogen (secondary N) is 2. The number of hydrogen-bond acceptors (Lipinski definition) is 3. The summed E-state index contributed by atoms with van der Waals surface area (Å²) in [7, 11) is 0. The van der Waals surface area contributed by atoms with E-state index in [0.29, 0.717) is 24.9 Å². The molecule has 42 heavy (non-hydrogen) atoms. The highest BCUT2D eigenvalue weighted by atomic mass is 19.4. The average Bonchev–Trinajstić information content (AvgIpc) is 3.45. The monoisotopic (exact) mass is 573 g/mol. The summed E-state index contributed by atoms with van der Waals surface area (Å²) >= 11 is 0. The molecule has 218 valence electrons. The van der Waals surface area contributed by atoms with Crippen molar-refractivity contribution in [2.24, 2.45) is 11.8 Å². The van der Waals surface area contributed by atoms with Crippen LogP contribution >= 0.6 is 0 Å². The van der Waals surface area contributed by atoms with Crippen molar-refractivity contribution in [1.82, 2.24) is 10.2 Å². The van der Waals surface area contributed by atoms with Gasteiger partial charge in [-0.1, -0.05) is 73.5 Å². The molecule has 1 unspecified atom stereocenters. The molecule has 1 aliphatic carbocycles. The molecule has 1 saturated carbocycles. The molecule has 8 heteroatoms. The number of carbonyl (C=O) groups excluding carboxylic acids is 2. The van der Waals surface area contributed by atoms with Gasteiger partial charge >= 0.3 is 6.18 Å². The van der Waals surface area contributed by atoms with Crippen molar-refractivity contribution in [3.63, 3.8) is 0 Å². The number of fused-ring (bicyclic) bond motifs is 3. The van der Waals surface area contributed by atoms with E-state index in [1.807, 2.05) is 35.2 Å². The van der Waals surface area contributed by atoms with E-state index < -0.39 is 11.7 Å². The van der Waals surface area contributed by atoms with Crippen LogP contribution in [0.4, 0.5) is 18.9 Å². The minimum absolute atomic E-state index is 0.0435. The number of halogens is 3. The fourth-order valence-corrected chi connectivity index (χ4v) is 6.96. The third kappa shape index (κ3) is 5.67. The van der Waals surface area contributed by atoms with Crippen LogP contribution in [0.1, 0.15) is 66.4 Å². The second-order valence-electron chi connectivity index (χ2n) is 11.5. The van der Waals surface area contributed by atoms with Gasteiger partial charge in [-0.2, -0.15) is 13.2 Å². The highest BCUT2D eigenvalue weighted by Crippen LogP contribution is 2.51. The molecule has 2 heterocycles. The van der Waals surface area contributed by atoms with Crippen molar-refractivity contribution in [1.29, 1.82) is 0 Å². The molecule has 2 fully saturated rings. The summed E-state index contributed by atoms with van der Waals surface area (Å²) in [6, 6.07) is 23.0. The zero-order chi connectivity index (χ0) is 29.3. The summed E-state index contributed by atoms with van der Waals surface area (Å²) in [5, 5.41) is 6.78. The summed E-state index contributed by atoms with van der Waals surface area (Å²) in [6.45, 7) is 0.665. The van der Waals surface area contributed by atoms with Gasteiger partial charge in [0.05, 0.1) is 23.6 Å². The lowest BCUT2D eigenvalue weighted by Crippen LogP contribution is -2.49. The Morgan fingerprint density at radius 1 is 0.881 bits per heavy atom. The van der Waals surface area contributed by atoms with E-state index in [9.17, 15) is 22.8 Å². The highest BCUT2D eigenvalue weighted by Gasteiger charge is 2.48. The number of alkyl halides is 3. The van der Waals surface area contributed by atoms with Crippen LogP contribution in [0.3, 0.4) is 0 Å². The molecular weight excluding hydrogens is 539 g/mol. The standard InChI is InChI=1S/C34H34F3N3O2/c35-34(36,37)24-17-14-22(15-18-24)16-19-30(41)38-29-13-7-5-11-26(29)33(42)40-21-20-27-31(23-8-2-1-3-9-23)39-28-12-6-4-10-25(28)32(27)40/h1-4,6,8-10,12,14-19,26-27,29,31-32,39H,5,7,11,13,20-21H2,(H,38,41)/b19-16+/t26-,27+,29?,31-,32-/m0/s1. The molecule has 2 aliphatic heterocycles. The number of carbonyl (C=O) groups is 2. The topological polar surface area (TPSA) is 61.4 Å². The normalized spacial score (nSPS) is 25.4. The Morgan fingerprint density at radius 3 is 2.36 bits per heavy atom. The largest absolute Gasteiger partial charge is 0.416 e. The van der Waals surface area contributed by atoms with Crippen molar-refractivity contribution in [2.75, 3.05) is 11.9 Å². The molecular formula is C34H34F3N3O2. The predicted octanol–water partition coefficient (Wildman–Crippen LogP) is 7.15. The fourth-order valence-electron chi connectivity index (χ4n) is 6.96. The third-order valence-corrected chi connectivity index (χ3v) is 8.98. The molecule has 3 aliphatic rings. The molecule has 3 aromatic rings. The van der Waals surface area contributed by atoms with E-state index >= 15 is 0 Å². The molecule has 1 saturated heterocycles. The Labute approximate surface area is 243 Å². The minimum atomic E-state index is -4.41. The Balaban J connectivity index is 1.18. The van der Waals surface area contributed by atoms with Crippen molar-refractivity contribution in [3.8, 4) is 0 Å². The van der Waals surface area contributed by atoms with Gasteiger partial charge in [-0.15, -0.1) is 0 Å². The lowest BCUT2D eigenvalue weighted by atomic mass is 9.79. The Kier molecular flexibility index (Phi) is 7.80. The third-order valence-electron chi connectivity index (χ3n) is 8.98. The molecule has 5 atom stereocenters. The predicted molar refractivity (Wildman–Crippen MR) is 156 cm³/mol. The maximum absolute atomic E-state index is 14.2. The lowest BCUT2D eigenvalue weighted by Gasteiger charge is -2.42. The quantitative estimate of drug-likeness (QED) is 0.319. The van der Waals surface area contributed by atoms with Gasteiger partial charge in [0.15, 0.2) is 0 Å². The van der Waals surface area contributed by atoms with Crippen molar-refractivity contribution < 1.29 is 22.8 Å². The van der Waals surface area contributed by atoms with Gasteiger partial charge in [0.25, 0.3) is 0 Å². The van der Waals surface area contributed by atoms with Crippen LogP contribution in [-0.2, 0) is 15.8 Å². The van der Waals surface area contributed by atoms with Gasteiger partial charge in [-0.05, 0) is 60.2 Å². The first-order chi connectivity index (χ1) is 20.3. The van der Waals surface area contributed by atoms with Crippen LogP contribution in [0.5, 0.6) is 0 Å². The molecule has 5 nitrogen and oxygen atoms in total. The molecule has 0 radical (unpaired) electrons. The SMILES string of the molecule is O=C(/C=C/c1ccc(C(F)(F)F)cc1)NC1CCCC[C@@H]1C(=O)N1CC[C@@H]2[C@H](c3ccccc3)Nc3ccccc3[C@@H]21. The van der Waals surface area contributed by atoms with Crippen LogP contribution in [0.15, 0.2) is 84.9 Å². The van der Waals surface area contributed by atoms with Gasteiger partial charge in [-0.25, -0.2) is 0 Å². The zero-order valence-electron chi connectivity index (χ0n) is 23.2. The van der Waals surface area contributed by atoms with E-state index in [1.54, 1.807) is 0 Å². The van der Waals surface area contributed by atoms with Gasteiger partial charge in [-0.3, -0.25) is 9.59 Å². The van der Waals surface area contributed by atoms with Gasteiger partial charge in [0.1, 0.15) is 0 Å². The van der Waals surface area contributed by atoms with E-state index in [4.69, 9.17) is 0 Å². The molecule has 2 amide bonds. The molecule has 0 bridgehead atoms. The fraction of sp³-hybridized carbons (Fsp3) is 0.353. The number of nitrogens with zero attached hydrogens (tertiary/aromatic N) is 1. The first-order valence-electron chi connectivity index (χ1n) is 14.7. The maximum Gasteiger partial charge on any atom is 0.416 e. The van der Waals surface area contributed by atoms with E-state index in [-0.39, 0.29) is 41.8 Å². The number of para-hydroxylation sites is 1. The number of amides is 2. The summed E-state index contributed by atoms with van der Waals surface area (Å²) in [5.74, 6) is -0.356. The van der Waals surface area contributed by atoms with Gasteiger partial charge in [0, 0.05) is 30.3 Å². The number of likely N-dealkylation sites (tertiary alicyclic amines) is 1. The van der Waals surface area contributed by atoms with Crippen LogP contribution in [0.2, 0.25) is 0 Å². The number of anilines is 1. The number of benzene rings is 3. The smallest absolute Gasteiger partial charge is 0.378 e. The molecule has 0 spiro atoms. The van der Waals surface area contributed by atoms with Crippen LogP contribution in [0, 0.1) is 11.8 Å². The molecule has 2 N–H and O–H groups in total. The molecule has 3 aromatic carbocycles. The first-order valence-corrected chi connectivity index (χ1v) is 14.7. The Hall–Kier alpha value is -4.07. The van der Waals surface area contributed by atoms with Crippen molar-refractivity contribution in [3.05, 3.63) is 107 Å². The number of hydrogen-bond donors (Lipinski definition) is 2. The Bertz CT molecular complexity index is 1450. The summed E-state index contributed by atoms with van der Waals surface area (Å²) in [4.78, 5) is 29.2. The second kappa shape index (κ2) is 11.7. The van der Waals surface area contributed by atoms with E-state index in [1.165, 1.54) is 29.8 Å². The second-order valence-corrected chi connectivity index (χ2v) is 11.5. The highest BCUT2D eigenvalue weighted by molar-refractivity contribution is 5.92. The minimum Gasteiger partial charge on any atom is -0.378 e. The van der Waals surface area contributed by atoms with Crippen molar-refractivity contribution in [2.45, 2.75) is 56.4 Å². The lowest BCUT2D eigenvalue weighted by molar-refractivity contribution is -0.139. The summed E-state index contributed by atoms with van der Waals surface area (Å²) in [6.07, 6.45) is 2.58. The Morgan fingerprint density at radius 2 is 1.60 bits per heavy atom. The van der Waals surface area contributed by atoms with Gasteiger partial charge in [0.2, 0.25) is 11.8 Å². The average molecular weight is 574 g/mol. The van der Waals surface area contributed by atoms with E-state index in [0.717, 1.165) is 42.6 Å². The molecule has 0 aromatic heterocycles. The van der Waals surface area contributed by atoms with E-state index in [2.05, 4.69) is 34.9 Å². The first kappa shape index (κ1) is 28.1. The zero-order valence-corrected chi connectivity index (χ0v) is 23.2. The van der Waals surface area contributed by atoms with Crippen molar-refractivity contribution >= 4 is 23.6 Å². The summed E-state index contributed by atoms with van der Waals surface area (Å²) < 4.78 is 38.6. The number of rotatable bonds is 5. The van der Waals surface area contributed by atoms with Gasteiger partial charge < -0.3 is 15.5 Å². The molecule has 6 rings (SSSR count). The van der Waals surface area contributed by atoms with Crippen LogP contribution < -0.4 is 10.6 Å². The maximum atomic E-state index is 14.2. The van der Waals surface area contributed by atoms with Crippen LogP contribution in [-0.4, -0.2) is 29.3 Å². The summed E-state index contributed by atoms with van der Waals surface area (Å²) in [5.41, 5.74) is 3.16.